The Hall–Kier alpha value is -2.91. The van der Waals surface area contributed by atoms with Crippen molar-refractivity contribution in [3.8, 4) is 11.3 Å². The van der Waals surface area contributed by atoms with Crippen molar-refractivity contribution in [2.75, 3.05) is 18.0 Å². The molecule has 3 heterocycles. The second kappa shape index (κ2) is 8.22. The predicted molar refractivity (Wildman–Crippen MR) is 103 cm³/mol. The van der Waals surface area contributed by atoms with E-state index >= 15 is 0 Å². The van der Waals surface area contributed by atoms with Gasteiger partial charge in [0.25, 0.3) is 5.56 Å². The number of nitrogens with zero attached hydrogens (tertiary/aromatic N) is 5. The van der Waals surface area contributed by atoms with Crippen LogP contribution in [0.2, 0.25) is 5.02 Å². The molecule has 0 aliphatic carbocycles. The highest BCUT2D eigenvalue weighted by Gasteiger charge is 2.31. The van der Waals surface area contributed by atoms with E-state index in [0.29, 0.717) is 41.9 Å². The van der Waals surface area contributed by atoms with Gasteiger partial charge in [-0.1, -0.05) is 23.7 Å². The summed E-state index contributed by atoms with van der Waals surface area (Å²) < 4.78 is 30.2. The number of ether oxygens (including phenoxy) is 1. The zero-order valence-corrected chi connectivity index (χ0v) is 15.8. The molecule has 0 N–H and O–H groups in total. The van der Waals surface area contributed by atoms with Crippen LogP contribution in [0.1, 0.15) is 5.56 Å². The number of rotatable bonds is 6. The highest BCUT2D eigenvalue weighted by Crippen LogP contribution is 2.22. The lowest BCUT2D eigenvalue weighted by atomic mass is 10.2. The Morgan fingerprint density at radius 2 is 1.79 bits per heavy atom. The molecule has 0 radical (unpaired) electrons. The van der Waals surface area contributed by atoms with Crippen LogP contribution in [-0.2, 0) is 11.3 Å². The maximum Gasteiger partial charge on any atom is 0.345 e. The summed E-state index contributed by atoms with van der Waals surface area (Å²) in [5.41, 5.74) is 1.85. The van der Waals surface area contributed by atoms with E-state index in [2.05, 4.69) is 19.8 Å². The molecule has 0 unspecified atom stereocenters. The molecule has 0 spiro atoms. The molecule has 1 aliphatic heterocycles. The van der Waals surface area contributed by atoms with Crippen LogP contribution in [0.4, 0.5) is 14.7 Å². The van der Waals surface area contributed by atoms with Gasteiger partial charge in [0, 0.05) is 42.1 Å². The summed E-state index contributed by atoms with van der Waals surface area (Å²) in [6, 6.07) is 10.2. The highest BCUT2D eigenvalue weighted by molar-refractivity contribution is 6.30. The van der Waals surface area contributed by atoms with Gasteiger partial charge in [-0.15, -0.1) is 0 Å². The Bertz CT molecular complexity index is 1040. The lowest BCUT2D eigenvalue weighted by Crippen LogP contribution is -2.53. The van der Waals surface area contributed by atoms with Crippen molar-refractivity contribution in [2.24, 2.45) is 0 Å². The van der Waals surface area contributed by atoms with Gasteiger partial charge in [-0.25, -0.2) is 14.6 Å². The molecule has 0 amide bonds. The van der Waals surface area contributed by atoms with Gasteiger partial charge in [0.15, 0.2) is 0 Å². The van der Waals surface area contributed by atoms with Crippen molar-refractivity contribution in [3.63, 3.8) is 0 Å². The topological polar surface area (TPSA) is 73.1 Å². The van der Waals surface area contributed by atoms with Crippen molar-refractivity contribution in [1.82, 2.24) is 19.7 Å². The first-order valence-corrected chi connectivity index (χ1v) is 9.19. The summed E-state index contributed by atoms with van der Waals surface area (Å²) in [4.78, 5) is 22.4. The van der Waals surface area contributed by atoms with Gasteiger partial charge in [-0.3, -0.25) is 4.79 Å². The number of alkyl halides is 2. The predicted octanol–water partition coefficient (Wildman–Crippen LogP) is 2.83. The minimum Gasteiger partial charge on any atom is -0.335 e. The van der Waals surface area contributed by atoms with Crippen molar-refractivity contribution >= 4 is 17.5 Å². The van der Waals surface area contributed by atoms with Crippen molar-refractivity contribution in [1.29, 1.82) is 0 Å². The van der Waals surface area contributed by atoms with Crippen LogP contribution in [0.15, 0.2) is 53.6 Å². The lowest BCUT2D eigenvalue weighted by Gasteiger charge is -2.38. The van der Waals surface area contributed by atoms with Crippen LogP contribution >= 0.6 is 11.6 Å². The van der Waals surface area contributed by atoms with Crippen LogP contribution in [0.3, 0.4) is 0 Å². The fourth-order valence-corrected chi connectivity index (χ4v) is 3.05. The second-order valence-corrected chi connectivity index (χ2v) is 6.97. The van der Waals surface area contributed by atoms with Gasteiger partial charge in [0.1, 0.15) is 0 Å². The van der Waals surface area contributed by atoms with E-state index in [1.807, 2.05) is 12.1 Å². The van der Waals surface area contributed by atoms with Gasteiger partial charge in [0.05, 0.1) is 18.3 Å². The molecule has 0 saturated carbocycles. The molecule has 3 aromatic rings. The van der Waals surface area contributed by atoms with Crippen LogP contribution < -0.4 is 10.5 Å². The molecule has 4 rings (SSSR count). The molecule has 10 heteroatoms. The first-order valence-electron chi connectivity index (χ1n) is 8.81. The smallest absolute Gasteiger partial charge is 0.335 e. The summed E-state index contributed by atoms with van der Waals surface area (Å²) in [7, 11) is 0. The Morgan fingerprint density at radius 1 is 1.10 bits per heavy atom. The average molecular weight is 420 g/mol. The molecule has 29 heavy (non-hydrogen) atoms. The minimum absolute atomic E-state index is 0.230. The van der Waals surface area contributed by atoms with Gasteiger partial charge in [0.2, 0.25) is 5.95 Å². The Balaban J connectivity index is 1.47. The molecule has 1 aromatic carbocycles. The number of hydrogen-bond donors (Lipinski definition) is 0. The third-order valence-corrected chi connectivity index (χ3v) is 4.72. The zero-order chi connectivity index (χ0) is 20.4. The van der Waals surface area contributed by atoms with Crippen LogP contribution in [-0.4, -0.2) is 45.6 Å². The summed E-state index contributed by atoms with van der Waals surface area (Å²) in [5, 5.41) is 5.01. The average Bonchev–Trinajstić information content (AvgIpc) is 2.68. The standard InChI is InChI=1S/C19H16ClF2N5O2/c20-14-3-1-12(2-4-14)9-27-17(28)6-5-16(25-27)13-7-23-19(24-8-13)26-10-15(11-26)29-18(21)22/h1-8,15,18H,9-11H2. The maximum absolute atomic E-state index is 12.2. The summed E-state index contributed by atoms with van der Waals surface area (Å²) >= 11 is 5.89. The van der Waals surface area contributed by atoms with Crippen molar-refractivity contribution in [3.05, 3.63) is 69.7 Å². The van der Waals surface area contributed by atoms with E-state index in [-0.39, 0.29) is 5.56 Å². The first-order chi connectivity index (χ1) is 14.0. The van der Waals surface area contributed by atoms with E-state index in [9.17, 15) is 13.6 Å². The quantitative estimate of drug-likeness (QED) is 0.611. The Labute approximate surface area is 169 Å². The highest BCUT2D eigenvalue weighted by atomic mass is 35.5. The van der Waals surface area contributed by atoms with Gasteiger partial charge in [-0.05, 0) is 23.8 Å². The lowest BCUT2D eigenvalue weighted by molar-refractivity contribution is -0.167. The molecule has 1 saturated heterocycles. The summed E-state index contributed by atoms with van der Waals surface area (Å²) in [6.07, 6.45) is 2.66. The molecule has 0 atom stereocenters. The van der Waals surface area contributed by atoms with E-state index in [1.165, 1.54) is 10.7 Å². The van der Waals surface area contributed by atoms with Crippen molar-refractivity contribution < 1.29 is 13.5 Å². The number of aromatic nitrogens is 4. The van der Waals surface area contributed by atoms with Gasteiger partial charge in [-0.2, -0.15) is 13.9 Å². The Kier molecular flexibility index (Phi) is 5.50. The third kappa shape index (κ3) is 4.57. The molecule has 1 fully saturated rings. The molecule has 7 nitrogen and oxygen atoms in total. The van der Waals surface area contributed by atoms with E-state index in [1.54, 1.807) is 35.5 Å². The van der Waals surface area contributed by atoms with Crippen LogP contribution in [0, 0.1) is 0 Å². The number of anilines is 1. The Morgan fingerprint density at radius 3 is 2.45 bits per heavy atom. The van der Waals surface area contributed by atoms with E-state index in [4.69, 9.17) is 11.6 Å². The molecule has 150 valence electrons. The zero-order valence-electron chi connectivity index (χ0n) is 15.1. The fourth-order valence-electron chi connectivity index (χ4n) is 2.93. The second-order valence-electron chi connectivity index (χ2n) is 6.54. The maximum atomic E-state index is 12.2. The largest absolute Gasteiger partial charge is 0.345 e. The number of hydrogen-bond acceptors (Lipinski definition) is 6. The SMILES string of the molecule is O=c1ccc(-c2cnc(N3CC(OC(F)F)C3)nc2)nn1Cc1ccc(Cl)cc1. The van der Waals surface area contributed by atoms with E-state index < -0.39 is 12.7 Å². The fraction of sp³-hybridized carbons (Fsp3) is 0.263. The first kappa shape index (κ1) is 19.4. The molecular formula is C19H16ClF2N5O2. The molecule has 1 aliphatic rings. The number of halogens is 3. The van der Waals surface area contributed by atoms with Crippen LogP contribution in [0.5, 0.6) is 0 Å². The molecule has 2 aromatic heterocycles. The normalized spacial score (nSPS) is 14.3. The minimum atomic E-state index is -2.78. The van der Waals surface area contributed by atoms with E-state index in [0.717, 1.165) is 5.56 Å². The van der Waals surface area contributed by atoms with Gasteiger partial charge >= 0.3 is 6.61 Å². The summed E-state index contributed by atoms with van der Waals surface area (Å²) in [5.74, 6) is 0.428. The van der Waals surface area contributed by atoms with Crippen molar-refractivity contribution in [2.45, 2.75) is 19.3 Å². The number of benzene rings is 1. The van der Waals surface area contributed by atoms with Crippen LogP contribution in [0.25, 0.3) is 11.3 Å². The third-order valence-electron chi connectivity index (χ3n) is 4.47. The van der Waals surface area contributed by atoms with Gasteiger partial charge < -0.3 is 9.64 Å². The molecule has 0 bridgehead atoms. The monoisotopic (exact) mass is 419 g/mol. The summed E-state index contributed by atoms with van der Waals surface area (Å²) in [6.45, 7) is -1.84. The molecular weight excluding hydrogens is 404 g/mol.